The van der Waals surface area contributed by atoms with Crippen LogP contribution in [0.3, 0.4) is 0 Å². The second kappa shape index (κ2) is 6.11. The van der Waals surface area contributed by atoms with Gasteiger partial charge in [-0.05, 0) is 18.7 Å². The molecule has 0 aliphatic carbocycles. The molecule has 92 valence electrons. The highest BCUT2D eigenvalue weighted by Gasteiger charge is 2.11. The molecule has 0 unspecified atom stereocenters. The molecular formula is C10H11Cl2N3S2. The third-order valence-electron chi connectivity index (χ3n) is 2.34. The summed E-state index contributed by atoms with van der Waals surface area (Å²) in [6.45, 7) is 4.63. The van der Waals surface area contributed by atoms with E-state index in [-0.39, 0.29) is 0 Å². The number of rotatable bonds is 5. The lowest BCUT2D eigenvalue weighted by atomic mass is 10.3. The van der Waals surface area contributed by atoms with Gasteiger partial charge in [-0.15, -0.1) is 16.4 Å². The average Bonchev–Trinajstić information content (AvgIpc) is 2.88. The second-order valence-corrected chi connectivity index (χ2v) is 6.66. The van der Waals surface area contributed by atoms with E-state index in [4.69, 9.17) is 23.2 Å². The van der Waals surface area contributed by atoms with E-state index in [1.165, 1.54) is 16.4 Å². The van der Waals surface area contributed by atoms with Crippen molar-refractivity contribution in [3.8, 4) is 0 Å². The van der Waals surface area contributed by atoms with Gasteiger partial charge in [-0.2, -0.15) is 0 Å². The predicted molar refractivity (Wildman–Crippen MR) is 74.0 cm³/mol. The van der Waals surface area contributed by atoms with Crippen molar-refractivity contribution in [1.82, 2.24) is 14.5 Å². The maximum absolute atomic E-state index is 6.00. The first-order chi connectivity index (χ1) is 8.19. The van der Waals surface area contributed by atoms with E-state index in [9.17, 15) is 0 Å². The lowest BCUT2D eigenvalue weighted by Crippen LogP contribution is -2.22. The molecule has 0 amide bonds. The van der Waals surface area contributed by atoms with Crippen LogP contribution in [0.25, 0.3) is 0 Å². The standard InChI is InChI=1S/C10H11Cl2N3S2/c1-2-15(5-7-3-4-9(11)16-7)6-8-10(12)17-14-13-8/h3-4H,2,5-6H2,1H3. The van der Waals surface area contributed by atoms with Crippen LogP contribution in [0.1, 0.15) is 17.5 Å². The molecule has 0 radical (unpaired) electrons. The smallest absolute Gasteiger partial charge is 0.138 e. The molecule has 0 aromatic carbocycles. The highest BCUT2D eigenvalue weighted by Crippen LogP contribution is 2.24. The van der Waals surface area contributed by atoms with Gasteiger partial charge in [-0.3, -0.25) is 4.90 Å². The minimum atomic E-state index is 0.674. The maximum atomic E-state index is 6.00. The number of nitrogens with zero attached hydrogens (tertiary/aromatic N) is 3. The van der Waals surface area contributed by atoms with E-state index in [0.29, 0.717) is 4.34 Å². The first kappa shape index (κ1) is 13.2. The third kappa shape index (κ3) is 3.63. The van der Waals surface area contributed by atoms with Crippen LogP contribution in [0, 0.1) is 0 Å². The quantitative estimate of drug-likeness (QED) is 0.838. The van der Waals surface area contributed by atoms with E-state index in [2.05, 4.69) is 27.5 Å². The lowest BCUT2D eigenvalue weighted by Gasteiger charge is -2.18. The summed E-state index contributed by atoms with van der Waals surface area (Å²) in [6, 6.07) is 3.98. The number of thiophene rings is 1. The molecule has 7 heteroatoms. The van der Waals surface area contributed by atoms with Crippen molar-refractivity contribution < 1.29 is 0 Å². The zero-order valence-corrected chi connectivity index (χ0v) is 12.3. The Hall–Kier alpha value is -0.200. The molecule has 2 aromatic heterocycles. The molecule has 0 saturated carbocycles. The van der Waals surface area contributed by atoms with Crippen molar-refractivity contribution >= 4 is 46.1 Å². The van der Waals surface area contributed by atoms with Gasteiger partial charge in [-0.25, -0.2) is 0 Å². The molecule has 3 nitrogen and oxygen atoms in total. The largest absolute Gasteiger partial charge is 0.293 e. The molecule has 0 N–H and O–H groups in total. The molecule has 0 aliphatic heterocycles. The number of hydrogen-bond acceptors (Lipinski definition) is 5. The second-order valence-electron chi connectivity index (χ2n) is 3.50. The minimum Gasteiger partial charge on any atom is -0.293 e. The van der Waals surface area contributed by atoms with Gasteiger partial charge in [0.25, 0.3) is 0 Å². The van der Waals surface area contributed by atoms with Crippen LogP contribution < -0.4 is 0 Å². The van der Waals surface area contributed by atoms with Crippen LogP contribution in [-0.4, -0.2) is 21.0 Å². The average molecular weight is 308 g/mol. The molecule has 2 rings (SSSR count). The Morgan fingerprint density at radius 2 is 2.12 bits per heavy atom. The Morgan fingerprint density at radius 3 is 2.65 bits per heavy atom. The van der Waals surface area contributed by atoms with Gasteiger partial charge in [0.15, 0.2) is 0 Å². The third-order valence-corrected chi connectivity index (χ3v) is 4.54. The van der Waals surface area contributed by atoms with E-state index in [1.807, 2.05) is 6.07 Å². The molecular weight excluding hydrogens is 297 g/mol. The van der Waals surface area contributed by atoms with Crippen LogP contribution in [0.2, 0.25) is 8.67 Å². The Labute approximate surface area is 118 Å². The summed E-state index contributed by atoms with van der Waals surface area (Å²) in [4.78, 5) is 3.50. The Bertz CT molecular complexity index is 483. The van der Waals surface area contributed by atoms with Gasteiger partial charge < -0.3 is 0 Å². The van der Waals surface area contributed by atoms with Crippen LogP contribution in [0.15, 0.2) is 12.1 Å². The van der Waals surface area contributed by atoms with Crippen molar-refractivity contribution in [2.24, 2.45) is 0 Å². The molecule has 2 aromatic rings. The molecule has 0 saturated heterocycles. The summed E-state index contributed by atoms with van der Waals surface area (Å²) in [7, 11) is 0. The monoisotopic (exact) mass is 307 g/mol. The molecule has 0 spiro atoms. The van der Waals surface area contributed by atoms with Gasteiger partial charge in [-0.1, -0.05) is 34.6 Å². The summed E-state index contributed by atoms with van der Waals surface area (Å²) in [6.07, 6.45) is 0. The van der Waals surface area contributed by atoms with E-state index in [0.717, 1.165) is 29.7 Å². The van der Waals surface area contributed by atoms with Crippen LogP contribution in [-0.2, 0) is 13.1 Å². The van der Waals surface area contributed by atoms with Crippen molar-refractivity contribution in [3.63, 3.8) is 0 Å². The molecule has 17 heavy (non-hydrogen) atoms. The number of halogens is 2. The van der Waals surface area contributed by atoms with Crippen LogP contribution >= 0.6 is 46.1 Å². The highest BCUT2D eigenvalue weighted by atomic mass is 35.5. The van der Waals surface area contributed by atoms with E-state index < -0.39 is 0 Å². The van der Waals surface area contributed by atoms with Crippen molar-refractivity contribution in [1.29, 1.82) is 0 Å². The van der Waals surface area contributed by atoms with Crippen LogP contribution in [0.5, 0.6) is 0 Å². The molecule has 0 aliphatic rings. The fraction of sp³-hybridized carbons (Fsp3) is 0.400. The van der Waals surface area contributed by atoms with E-state index >= 15 is 0 Å². The number of aromatic nitrogens is 2. The zero-order valence-electron chi connectivity index (χ0n) is 9.19. The molecule has 0 atom stereocenters. The highest BCUT2D eigenvalue weighted by molar-refractivity contribution is 7.16. The van der Waals surface area contributed by atoms with E-state index in [1.54, 1.807) is 11.3 Å². The van der Waals surface area contributed by atoms with Gasteiger partial charge in [0.2, 0.25) is 0 Å². The van der Waals surface area contributed by atoms with Crippen molar-refractivity contribution in [3.05, 3.63) is 31.4 Å². The summed E-state index contributed by atoms with van der Waals surface area (Å²) in [5, 5.41) is 4.02. The first-order valence-corrected chi connectivity index (χ1v) is 7.47. The fourth-order valence-electron chi connectivity index (χ4n) is 1.44. The lowest BCUT2D eigenvalue weighted by molar-refractivity contribution is 0.270. The van der Waals surface area contributed by atoms with Gasteiger partial charge in [0.05, 0.1) is 4.34 Å². The summed E-state index contributed by atoms with van der Waals surface area (Å²) >= 11 is 14.7. The minimum absolute atomic E-state index is 0.674. The Balaban J connectivity index is 2.00. The zero-order chi connectivity index (χ0) is 12.3. The van der Waals surface area contributed by atoms with Gasteiger partial charge >= 0.3 is 0 Å². The van der Waals surface area contributed by atoms with Gasteiger partial charge in [0.1, 0.15) is 10.0 Å². The molecule has 2 heterocycles. The number of hydrogen-bond donors (Lipinski definition) is 0. The Kier molecular flexibility index (Phi) is 4.76. The SMILES string of the molecule is CCN(Cc1ccc(Cl)s1)Cc1nnsc1Cl. The summed E-state index contributed by atoms with van der Waals surface area (Å²) < 4.78 is 5.33. The normalized spacial score (nSPS) is 11.3. The van der Waals surface area contributed by atoms with Crippen molar-refractivity contribution in [2.75, 3.05) is 6.54 Å². The molecule has 0 bridgehead atoms. The van der Waals surface area contributed by atoms with Crippen LogP contribution in [0.4, 0.5) is 0 Å². The summed E-state index contributed by atoms with van der Waals surface area (Å²) in [5.74, 6) is 0. The summed E-state index contributed by atoms with van der Waals surface area (Å²) in [5.41, 5.74) is 0.848. The first-order valence-electron chi connectivity index (χ1n) is 5.12. The molecule has 0 fully saturated rings. The topological polar surface area (TPSA) is 29.0 Å². The van der Waals surface area contributed by atoms with Crippen molar-refractivity contribution in [2.45, 2.75) is 20.0 Å². The predicted octanol–water partition coefficient (Wildman–Crippen LogP) is 3.93. The van der Waals surface area contributed by atoms with Gasteiger partial charge in [0, 0.05) is 29.5 Å². The maximum Gasteiger partial charge on any atom is 0.138 e. The fourth-order valence-corrected chi connectivity index (χ4v) is 3.18. The Morgan fingerprint density at radius 1 is 1.29 bits per heavy atom.